The molecule has 232 valence electrons. The van der Waals surface area contributed by atoms with Crippen molar-refractivity contribution in [3.63, 3.8) is 0 Å². The predicted octanol–water partition coefficient (Wildman–Crippen LogP) is 4.47. The zero-order valence-electron chi connectivity index (χ0n) is 24.9. The van der Waals surface area contributed by atoms with Crippen molar-refractivity contribution in [2.45, 2.75) is 75.2 Å². The Morgan fingerprint density at radius 3 is 2.48 bits per heavy atom. The molecule has 3 N–H and O–H groups in total. The van der Waals surface area contributed by atoms with E-state index in [1.807, 2.05) is 12.1 Å². The Balaban J connectivity index is 1.21. The molecule has 11 heteroatoms. The smallest absolute Gasteiger partial charge is 0.287 e. The minimum absolute atomic E-state index is 0.0429. The van der Waals surface area contributed by atoms with Crippen LogP contribution in [-0.4, -0.2) is 45.5 Å². The lowest BCUT2D eigenvalue weighted by Gasteiger charge is -2.60. The lowest BCUT2D eigenvalue weighted by Crippen LogP contribution is -2.54. The van der Waals surface area contributed by atoms with Gasteiger partial charge in [0.25, 0.3) is 17.4 Å². The minimum atomic E-state index is -1.21. The normalized spacial score (nSPS) is 25.9. The van der Waals surface area contributed by atoms with Crippen molar-refractivity contribution in [1.82, 2.24) is 15.2 Å². The van der Waals surface area contributed by atoms with Gasteiger partial charge in [-0.1, -0.05) is 34.1 Å². The second-order valence-corrected chi connectivity index (χ2v) is 14.8. The highest BCUT2D eigenvalue weighted by Crippen LogP contribution is 2.64. The highest BCUT2D eigenvalue weighted by Gasteiger charge is 2.56. The monoisotopic (exact) mass is 664 g/mol. The molecule has 2 heterocycles. The van der Waals surface area contributed by atoms with Gasteiger partial charge in [0.1, 0.15) is 17.3 Å². The van der Waals surface area contributed by atoms with E-state index in [-0.39, 0.29) is 39.6 Å². The maximum Gasteiger partial charge on any atom is 0.287 e. The van der Waals surface area contributed by atoms with Crippen LogP contribution in [0.15, 0.2) is 51.8 Å². The molecule has 1 aromatic carbocycles. The average Bonchev–Trinajstić information content (AvgIpc) is 3.31. The topological polar surface area (TPSA) is 140 Å². The molecular weight excluding hydrogens is 628 g/mol. The Labute approximate surface area is 263 Å². The summed E-state index contributed by atoms with van der Waals surface area (Å²) in [5.41, 5.74) is 0.953. The van der Waals surface area contributed by atoms with Crippen LogP contribution in [0, 0.1) is 24.2 Å². The summed E-state index contributed by atoms with van der Waals surface area (Å²) in [5, 5.41) is 8.40. The zero-order valence-corrected chi connectivity index (χ0v) is 26.5. The summed E-state index contributed by atoms with van der Waals surface area (Å²) in [7, 11) is 1.35. The lowest BCUT2D eigenvalue weighted by molar-refractivity contribution is -0.137. The standard InChI is InChI=1S/C33H37BrN4O6/c1-19-22-6-3-4-8-26(22)44-27(19)30(42)36-23(9-10-25(39)29(41)35-2)28(40)37-24-7-5-11-38(31(24)43)18-32-13-20-12-21(14-32)16-33(34,15-20)17-32/h3-8,11,20-21,23H,9-10,12-18H2,1-2H3,(H,35,41)(H,36,42)(H,37,40)/t20?,21?,23-,32?,33?/m0/s1. The van der Waals surface area contributed by atoms with Gasteiger partial charge in [0.05, 0.1) is 0 Å². The molecular formula is C33H37BrN4O6. The summed E-state index contributed by atoms with van der Waals surface area (Å²) in [6.45, 7) is 2.33. The molecule has 4 bridgehead atoms. The van der Waals surface area contributed by atoms with Crippen molar-refractivity contribution >= 4 is 56.1 Å². The molecule has 2 unspecified atom stereocenters. The molecule has 3 aromatic rings. The Kier molecular flexibility index (Phi) is 8.02. The third kappa shape index (κ3) is 5.86. The van der Waals surface area contributed by atoms with Gasteiger partial charge in [-0.2, -0.15) is 0 Å². The first-order valence-electron chi connectivity index (χ1n) is 15.2. The number of ketones is 1. The van der Waals surface area contributed by atoms with Crippen molar-refractivity contribution in [2.24, 2.45) is 17.3 Å². The number of para-hydroxylation sites is 1. The molecule has 7 rings (SSSR count). The fourth-order valence-electron chi connectivity index (χ4n) is 8.27. The van der Waals surface area contributed by atoms with E-state index in [9.17, 15) is 24.0 Å². The van der Waals surface area contributed by atoms with E-state index >= 15 is 0 Å². The van der Waals surface area contributed by atoms with Crippen LogP contribution in [0.3, 0.4) is 0 Å². The number of furan rings is 1. The van der Waals surface area contributed by atoms with Crippen LogP contribution in [0.25, 0.3) is 11.0 Å². The number of carbonyl (C=O) groups is 4. The first-order chi connectivity index (χ1) is 21.0. The number of hydrogen-bond donors (Lipinski definition) is 3. The minimum Gasteiger partial charge on any atom is -0.451 e. The van der Waals surface area contributed by atoms with E-state index < -0.39 is 29.5 Å². The molecule has 4 fully saturated rings. The number of pyridine rings is 1. The first kappa shape index (κ1) is 30.3. The number of anilines is 1. The number of aromatic nitrogens is 1. The summed E-state index contributed by atoms with van der Waals surface area (Å²) >= 11 is 4.04. The number of fused-ring (bicyclic) bond motifs is 1. The van der Waals surface area contributed by atoms with Gasteiger partial charge in [-0.15, -0.1) is 0 Å². The Morgan fingerprint density at radius 2 is 1.80 bits per heavy atom. The fourth-order valence-corrected chi connectivity index (χ4v) is 9.78. The number of carbonyl (C=O) groups excluding carboxylic acids is 4. The molecule has 4 aliphatic rings. The highest BCUT2D eigenvalue weighted by atomic mass is 79.9. The third-order valence-electron chi connectivity index (χ3n) is 9.71. The number of nitrogens with zero attached hydrogens (tertiary/aromatic N) is 1. The summed E-state index contributed by atoms with van der Waals surface area (Å²) in [6, 6.07) is 9.27. The molecule has 0 radical (unpaired) electrons. The molecule has 3 amide bonds. The maximum absolute atomic E-state index is 13.6. The van der Waals surface area contributed by atoms with Crippen LogP contribution >= 0.6 is 15.9 Å². The van der Waals surface area contributed by atoms with Gasteiger partial charge < -0.3 is 24.9 Å². The number of amides is 3. The number of Topliss-reactive ketones (excluding diaryl/α,β-unsaturated/α-hetero) is 1. The van der Waals surface area contributed by atoms with Crippen LogP contribution in [-0.2, 0) is 20.9 Å². The average molecular weight is 666 g/mol. The molecule has 10 nitrogen and oxygen atoms in total. The molecule has 0 spiro atoms. The predicted molar refractivity (Wildman–Crippen MR) is 169 cm³/mol. The molecule has 44 heavy (non-hydrogen) atoms. The fraction of sp³-hybridized carbons (Fsp3) is 0.485. The number of nitrogens with one attached hydrogen (secondary N) is 3. The lowest BCUT2D eigenvalue weighted by atomic mass is 9.49. The number of aryl methyl sites for hydroxylation is 1. The number of halogens is 1. The van der Waals surface area contributed by atoms with Crippen molar-refractivity contribution in [3.8, 4) is 0 Å². The van der Waals surface area contributed by atoms with Gasteiger partial charge in [0.15, 0.2) is 5.76 Å². The SMILES string of the molecule is CNC(=O)C(=O)CC[C@H](NC(=O)c1oc2ccccc2c1C)C(=O)Nc1cccn(CC23CC4CC(CC(Br)(C4)C2)C3)c1=O. The summed E-state index contributed by atoms with van der Waals surface area (Å²) in [4.78, 5) is 64.6. The van der Waals surface area contributed by atoms with Gasteiger partial charge >= 0.3 is 0 Å². The van der Waals surface area contributed by atoms with E-state index in [1.165, 1.54) is 26.3 Å². The molecule has 4 aliphatic carbocycles. The number of hydrogen-bond acceptors (Lipinski definition) is 6. The quantitative estimate of drug-likeness (QED) is 0.216. The number of likely N-dealkylation sites (N-methyl/N-ethyl adjacent to an activating group) is 1. The number of rotatable bonds is 10. The van der Waals surface area contributed by atoms with Crippen LogP contribution in [0.2, 0.25) is 0 Å². The summed E-state index contributed by atoms with van der Waals surface area (Å²) < 4.78 is 7.62. The van der Waals surface area contributed by atoms with E-state index in [0.29, 0.717) is 29.5 Å². The van der Waals surface area contributed by atoms with Crippen LogP contribution < -0.4 is 21.5 Å². The zero-order chi connectivity index (χ0) is 31.2. The van der Waals surface area contributed by atoms with Crippen LogP contribution in [0.5, 0.6) is 0 Å². The van der Waals surface area contributed by atoms with E-state index in [0.717, 1.165) is 24.6 Å². The second-order valence-electron chi connectivity index (χ2n) is 13.1. The summed E-state index contributed by atoms with van der Waals surface area (Å²) in [5.74, 6) is -1.42. The third-order valence-corrected chi connectivity index (χ3v) is 10.6. The van der Waals surface area contributed by atoms with Crippen LogP contribution in [0.4, 0.5) is 5.69 Å². The van der Waals surface area contributed by atoms with Crippen molar-refractivity contribution in [1.29, 1.82) is 0 Å². The first-order valence-corrected chi connectivity index (χ1v) is 16.0. The number of benzene rings is 1. The van der Waals surface area contributed by atoms with E-state index in [1.54, 1.807) is 42.0 Å². The molecule has 3 atom stereocenters. The molecule has 2 aromatic heterocycles. The largest absolute Gasteiger partial charge is 0.451 e. The van der Waals surface area contributed by atoms with Gasteiger partial charge in [0.2, 0.25) is 11.7 Å². The number of alkyl halides is 1. The van der Waals surface area contributed by atoms with Crippen molar-refractivity contribution < 1.29 is 23.6 Å². The van der Waals surface area contributed by atoms with Crippen molar-refractivity contribution in [3.05, 3.63) is 64.3 Å². The van der Waals surface area contributed by atoms with Crippen LogP contribution in [0.1, 0.15) is 67.5 Å². The van der Waals surface area contributed by atoms with E-state index in [4.69, 9.17) is 4.42 Å². The van der Waals surface area contributed by atoms with Gasteiger partial charge in [-0.3, -0.25) is 24.0 Å². The highest BCUT2D eigenvalue weighted by molar-refractivity contribution is 9.10. The molecule has 0 saturated heterocycles. The van der Waals surface area contributed by atoms with Gasteiger partial charge in [-0.05, 0) is 87.3 Å². The summed E-state index contributed by atoms with van der Waals surface area (Å²) in [6.07, 6.45) is 8.23. The Hall–Kier alpha value is -3.73. The molecule has 4 saturated carbocycles. The van der Waals surface area contributed by atoms with E-state index in [2.05, 4.69) is 31.9 Å². The molecule has 0 aliphatic heterocycles. The van der Waals surface area contributed by atoms with Crippen molar-refractivity contribution in [2.75, 3.05) is 12.4 Å². The Bertz CT molecular complexity index is 1700. The Morgan fingerprint density at radius 1 is 1.07 bits per heavy atom. The maximum atomic E-state index is 13.6. The second kappa shape index (κ2) is 11.6. The van der Waals surface area contributed by atoms with Gasteiger partial charge in [-0.25, -0.2) is 0 Å². The van der Waals surface area contributed by atoms with Gasteiger partial charge in [0, 0.05) is 41.5 Å².